The SMILES string of the molecule is N#C[C@@H]1CCCN1C(=O)CNC12CC3CC1CCCC3(CN1CCSCC1)C2. The molecule has 154 valence electrons. The molecule has 0 aromatic carbocycles. The number of hydrogen-bond acceptors (Lipinski definition) is 5. The lowest BCUT2D eigenvalue weighted by atomic mass is 9.68. The molecule has 0 radical (unpaired) electrons. The number of nitrogens with one attached hydrogen (secondary N) is 1. The Kier molecular flexibility index (Phi) is 5.13. The van der Waals surface area contributed by atoms with Crippen LogP contribution in [0.1, 0.15) is 51.4 Å². The summed E-state index contributed by atoms with van der Waals surface area (Å²) in [4.78, 5) is 17.4. The molecule has 6 aliphatic rings. The summed E-state index contributed by atoms with van der Waals surface area (Å²) < 4.78 is 0. The summed E-state index contributed by atoms with van der Waals surface area (Å²) >= 11 is 2.10. The molecule has 4 bridgehead atoms. The van der Waals surface area contributed by atoms with E-state index < -0.39 is 0 Å². The van der Waals surface area contributed by atoms with E-state index in [0.29, 0.717) is 12.0 Å². The number of thioether (sulfide) groups is 1. The molecule has 2 aliphatic heterocycles. The Morgan fingerprint density at radius 1 is 1.18 bits per heavy atom. The molecule has 0 aromatic heterocycles. The molecular weight excluding hydrogens is 368 g/mol. The minimum absolute atomic E-state index is 0.144. The van der Waals surface area contributed by atoms with E-state index in [9.17, 15) is 10.1 Å². The Morgan fingerprint density at radius 2 is 2.04 bits per heavy atom. The highest BCUT2D eigenvalue weighted by Gasteiger charge is 2.64. The normalized spacial score (nSPS) is 42.7. The third-order valence-electron chi connectivity index (χ3n) is 8.68. The van der Waals surface area contributed by atoms with Gasteiger partial charge in [0, 0.05) is 43.2 Å². The molecule has 4 aliphatic carbocycles. The Labute approximate surface area is 173 Å². The summed E-state index contributed by atoms with van der Waals surface area (Å²) in [7, 11) is 0. The summed E-state index contributed by atoms with van der Waals surface area (Å²) in [6.07, 6.45) is 9.81. The Hall–Kier alpha value is -0.770. The predicted molar refractivity (Wildman–Crippen MR) is 112 cm³/mol. The molecular formula is C22H34N4OS. The summed E-state index contributed by atoms with van der Waals surface area (Å²) in [5.74, 6) is 4.32. The van der Waals surface area contributed by atoms with Crippen LogP contribution in [0, 0.1) is 28.6 Å². The van der Waals surface area contributed by atoms with Gasteiger partial charge < -0.3 is 15.1 Å². The van der Waals surface area contributed by atoms with Gasteiger partial charge in [0.2, 0.25) is 5.91 Å². The second-order valence-electron chi connectivity index (χ2n) is 10.0. The molecule has 6 heteroatoms. The van der Waals surface area contributed by atoms with Gasteiger partial charge >= 0.3 is 0 Å². The number of carbonyl (C=O) groups excluding carboxylic acids is 1. The van der Waals surface area contributed by atoms with E-state index >= 15 is 0 Å². The zero-order valence-electron chi connectivity index (χ0n) is 17.0. The van der Waals surface area contributed by atoms with Crippen molar-refractivity contribution in [1.82, 2.24) is 15.1 Å². The van der Waals surface area contributed by atoms with Crippen LogP contribution in [-0.4, -0.2) is 71.5 Å². The average molecular weight is 403 g/mol. The van der Waals surface area contributed by atoms with Gasteiger partial charge in [-0.1, -0.05) is 6.42 Å². The summed E-state index contributed by atoms with van der Waals surface area (Å²) in [5, 5.41) is 13.1. The first-order valence-corrected chi connectivity index (χ1v) is 12.5. The third-order valence-corrected chi connectivity index (χ3v) is 9.62. The lowest BCUT2D eigenvalue weighted by Crippen LogP contribution is -2.54. The molecule has 28 heavy (non-hydrogen) atoms. The van der Waals surface area contributed by atoms with Crippen molar-refractivity contribution < 1.29 is 4.79 Å². The van der Waals surface area contributed by atoms with E-state index in [1.807, 2.05) is 4.90 Å². The molecule has 4 unspecified atom stereocenters. The lowest BCUT2D eigenvalue weighted by Gasteiger charge is -2.45. The van der Waals surface area contributed by atoms with E-state index in [0.717, 1.165) is 31.2 Å². The summed E-state index contributed by atoms with van der Waals surface area (Å²) in [5.41, 5.74) is 0.664. The number of likely N-dealkylation sites (tertiary alicyclic amines) is 1. The molecule has 6 fully saturated rings. The number of fused-ring (bicyclic) bond motifs is 2. The van der Waals surface area contributed by atoms with Crippen molar-refractivity contribution in [3.8, 4) is 6.07 Å². The summed E-state index contributed by atoms with van der Waals surface area (Å²) in [6, 6.07) is 2.11. The van der Waals surface area contributed by atoms with Crippen molar-refractivity contribution in [3.05, 3.63) is 0 Å². The molecule has 4 saturated carbocycles. The van der Waals surface area contributed by atoms with Crippen LogP contribution in [0.2, 0.25) is 0 Å². The number of nitriles is 1. The molecule has 5 atom stereocenters. The van der Waals surface area contributed by atoms with Crippen molar-refractivity contribution in [2.45, 2.75) is 62.9 Å². The van der Waals surface area contributed by atoms with Crippen LogP contribution in [0.25, 0.3) is 0 Å². The highest BCUT2D eigenvalue weighted by molar-refractivity contribution is 7.99. The minimum atomic E-state index is -0.200. The topological polar surface area (TPSA) is 59.4 Å². The van der Waals surface area contributed by atoms with Crippen LogP contribution >= 0.6 is 11.8 Å². The van der Waals surface area contributed by atoms with Crippen LogP contribution < -0.4 is 5.32 Å². The Balaban J connectivity index is 1.27. The first-order chi connectivity index (χ1) is 13.6. The summed E-state index contributed by atoms with van der Waals surface area (Å²) in [6.45, 7) is 4.98. The largest absolute Gasteiger partial charge is 0.326 e. The average Bonchev–Trinajstić information content (AvgIpc) is 3.34. The van der Waals surface area contributed by atoms with Crippen molar-refractivity contribution in [2.24, 2.45) is 17.3 Å². The van der Waals surface area contributed by atoms with E-state index in [-0.39, 0.29) is 17.5 Å². The van der Waals surface area contributed by atoms with Gasteiger partial charge in [0.05, 0.1) is 12.6 Å². The van der Waals surface area contributed by atoms with E-state index in [2.05, 4.69) is 28.0 Å². The maximum atomic E-state index is 12.8. The van der Waals surface area contributed by atoms with Crippen molar-refractivity contribution in [2.75, 3.05) is 44.2 Å². The maximum Gasteiger partial charge on any atom is 0.237 e. The number of hydrogen-bond donors (Lipinski definition) is 1. The molecule has 2 heterocycles. The number of amides is 1. The minimum Gasteiger partial charge on any atom is -0.326 e. The Morgan fingerprint density at radius 3 is 2.86 bits per heavy atom. The van der Waals surface area contributed by atoms with Crippen LogP contribution in [0.5, 0.6) is 0 Å². The smallest absolute Gasteiger partial charge is 0.237 e. The number of nitrogens with zero attached hydrogens (tertiary/aromatic N) is 3. The molecule has 0 aromatic rings. The van der Waals surface area contributed by atoms with Crippen molar-refractivity contribution in [1.29, 1.82) is 5.26 Å². The van der Waals surface area contributed by atoms with Crippen LogP contribution in [0.15, 0.2) is 0 Å². The van der Waals surface area contributed by atoms with Gasteiger partial charge in [-0.2, -0.15) is 17.0 Å². The van der Waals surface area contributed by atoms with Crippen LogP contribution in [0.4, 0.5) is 0 Å². The van der Waals surface area contributed by atoms with Gasteiger partial charge in [-0.15, -0.1) is 0 Å². The van der Waals surface area contributed by atoms with Gasteiger partial charge in [-0.3, -0.25) is 4.79 Å². The van der Waals surface area contributed by atoms with Gasteiger partial charge in [-0.25, -0.2) is 0 Å². The van der Waals surface area contributed by atoms with Gasteiger partial charge in [0.15, 0.2) is 0 Å². The lowest BCUT2D eigenvalue weighted by molar-refractivity contribution is -0.130. The zero-order chi connectivity index (χ0) is 19.2. The highest BCUT2D eigenvalue weighted by atomic mass is 32.2. The highest BCUT2D eigenvalue weighted by Crippen LogP contribution is 2.66. The fourth-order valence-electron chi connectivity index (χ4n) is 7.40. The number of carbonyl (C=O) groups is 1. The number of rotatable bonds is 5. The van der Waals surface area contributed by atoms with Gasteiger partial charge in [0.25, 0.3) is 0 Å². The van der Waals surface area contributed by atoms with Crippen molar-refractivity contribution in [3.63, 3.8) is 0 Å². The van der Waals surface area contributed by atoms with Crippen LogP contribution in [-0.2, 0) is 4.79 Å². The third kappa shape index (κ3) is 3.18. The van der Waals surface area contributed by atoms with E-state index in [1.54, 1.807) is 0 Å². The van der Waals surface area contributed by atoms with Gasteiger partial charge in [-0.05, 0) is 62.2 Å². The first kappa shape index (κ1) is 19.2. The van der Waals surface area contributed by atoms with Crippen LogP contribution in [0.3, 0.4) is 0 Å². The second-order valence-corrected chi connectivity index (χ2v) is 11.3. The Bertz CT molecular complexity index is 659. The first-order valence-electron chi connectivity index (χ1n) is 11.4. The molecule has 5 nitrogen and oxygen atoms in total. The van der Waals surface area contributed by atoms with Gasteiger partial charge in [0.1, 0.15) is 6.04 Å². The fourth-order valence-corrected chi connectivity index (χ4v) is 8.38. The zero-order valence-corrected chi connectivity index (χ0v) is 17.8. The second kappa shape index (κ2) is 7.49. The molecule has 2 saturated heterocycles. The molecule has 0 spiro atoms. The molecule has 1 N–H and O–H groups in total. The standard InChI is InChI=1S/C22H34N4OS/c23-13-19-4-2-6-26(19)20(27)14-24-22-12-18-11-17(22)3-1-5-21(18,15-22)16-25-7-9-28-10-8-25/h17-19,24H,1-12,14-16H2/t17?,18?,19-,21?,22?/m0/s1. The van der Waals surface area contributed by atoms with Crippen molar-refractivity contribution >= 4 is 17.7 Å². The predicted octanol–water partition coefficient (Wildman–Crippen LogP) is 2.48. The molecule has 6 rings (SSSR count). The molecule has 1 amide bonds. The van der Waals surface area contributed by atoms with E-state index in [4.69, 9.17) is 0 Å². The monoisotopic (exact) mass is 402 g/mol. The maximum absolute atomic E-state index is 12.8. The fraction of sp³-hybridized carbons (Fsp3) is 0.909. The quantitative estimate of drug-likeness (QED) is 0.766. The van der Waals surface area contributed by atoms with E-state index in [1.165, 1.54) is 69.7 Å².